The lowest BCUT2D eigenvalue weighted by Crippen LogP contribution is -1.96. The van der Waals surface area contributed by atoms with Gasteiger partial charge in [0.25, 0.3) is 0 Å². The van der Waals surface area contributed by atoms with Crippen molar-refractivity contribution in [1.82, 2.24) is 0 Å². The summed E-state index contributed by atoms with van der Waals surface area (Å²) in [6.45, 7) is 9.92. The SMILES string of the molecule is C=CC(C)c1c(C)cc(O)cc1C. The number of benzene rings is 1. The van der Waals surface area contributed by atoms with Gasteiger partial charge in [-0.05, 0) is 48.6 Å². The Morgan fingerprint density at radius 3 is 2.15 bits per heavy atom. The highest BCUT2D eigenvalue weighted by Gasteiger charge is 2.08. The Balaban J connectivity index is 3.28. The molecule has 0 spiro atoms. The number of aromatic hydroxyl groups is 1. The van der Waals surface area contributed by atoms with Crippen molar-refractivity contribution in [2.75, 3.05) is 0 Å². The maximum atomic E-state index is 9.35. The molecule has 0 aliphatic rings. The average molecular weight is 176 g/mol. The zero-order valence-corrected chi connectivity index (χ0v) is 8.46. The van der Waals surface area contributed by atoms with Gasteiger partial charge in [0.1, 0.15) is 5.75 Å². The molecule has 13 heavy (non-hydrogen) atoms. The Morgan fingerprint density at radius 1 is 1.31 bits per heavy atom. The molecule has 0 bridgehead atoms. The Kier molecular flexibility index (Phi) is 2.76. The van der Waals surface area contributed by atoms with Crippen LogP contribution in [0.25, 0.3) is 0 Å². The standard InChI is InChI=1S/C12H16O/c1-5-8(2)12-9(3)6-11(13)7-10(12)4/h5-8,13H,1H2,2-4H3. The first kappa shape index (κ1) is 9.85. The first-order valence-corrected chi connectivity index (χ1v) is 4.49. The second kappa shape index (κ2) is 3.65. The molecule has 0 saturated heterocycles. The van der Waals surface area contributed by atoms with Crippen molar-refractivity contribution >= 4 is 0 Å². The van der Waals surface area contributed by atoms with Crippen LogP contribution in [0.1, 0.15) is 29.5 Å². The van der Waals surface area contributed by atoms with Gasteiger partial charge in [-0.15, -0.1) is 6.58 Å². The summed E-state index contributed by atoms with van der Waals surface area (Å²) in [5, 5.41) is 9.35. The molecule has 0 saturated carbocycles. The molecule has 1 heteroatoms. The van der Waals surface area contributed by atoms with Gasteiger partial charge >= 0.3 is 0 Å². The van der Waals surface area contributed by atoms with E-state index in [9.17, 15) is 5.11 Å². The van der Waals surface area contributed by atoms with Gasteiger partial charge in [0.15, 0.2) is 0 Å². The van der Waals surface area contributed by atoms with Crippen molar-refractivity contribution in [3.8, 4) is 5.75 Å². The molecule has 70 valence electrons. The number of phenolic OH excluding ortho intramolecular Hbond substituents is 1. The Labute approximate surface area is 79.7 Å². The molecule has 0 aliphatic heterocycles. The smallest absolute Gasteiger partial charge is 0.116 e. The summed E-state index contributed by atoms with van der Waals surface area (Å²) in [5.41, 5.74) is 3.53. The minimum atomic E-state index is 0.343. The number of hydrogen-bond acceptors (Lipinski definition) is 1. The van der Waals surface area contributed by atoms with Gasteiger partial charge in [0.2, 0.25) is 0 Å². The molecular formula is C12H16O. The number of aryl methyl sites for hydroxylation is 2. The first-order valence-electron chi connectivity index (χ1n) is 4.49. The maximum absolute atomic E-state index is 9.35. The summed E-state index contributed by atoms with van der Waals surface area (Å²) >= 11 is 0. The number of hydrogen-bond donors (Lipinski definition) is 1. The van der Waals surface area contributed by atoms with Crippen LogP contribution in [0.4, 0.5) is 0 Å². The van der Waals surface area contributed by atoms with Crippen LogP contribution in [-0.2, 0) is 0 Å². The van der Waals surface area contributed by atoms with Crippen LogP contribution in [0.5, 0.6) is 5.75 Å². The van der Waals surface area contributed by atoms with Gasteiger partial charge in [-0.25, -0.2) is 0 Å². The molecule has 1 rings (SSSR count). The van der Waals surface area contributed by atoms with E-state index in [0.717, 1.165) is 11.1 Å². The molecule has 0 heterocycles. The largest absolute Gasteiger partial charge is 0.508 e. The van der Waals surface area contributed by atoms with Gasteiger partial charge < -0.3 is 5.11 Å². The third-order valence-electron chi connectivity index (χ3n) is 2.39. The fraction of sp³-hybridized carbons (Fsp3) is 0.333. The van der Waals surface area contributed by atoms with E-state index in [4.69, 9.17) is 0 Å². The molecule has 0 fully saturated rings. The van der Waals surface area contributed by atoms with Crippen molar-refractivity contribution in [2.24, 2.45) is 0 Å². The zero-order valence-electron chi connectivity index (χ0n) is 8.46. The molecule has 0 aliphatic carbocycles. The molecule has 1 N–H and O–H groups in total. The van der Waals surface area contributed by atoms with Crippen molar-refractivity contribution in [3.05, 3.63) is 41.5 Å². The summed E-state index contributed by atoms with van der Waals surface area (Å²) in [5.74, 6) is 0.690. The van der Waals surface area contributed by atoms with E-state index in [-0.39, 0.29) is 0 Å². The summed E-state index contributed by atoms with van der Waals surface area (Å²) in [6.07, 6.45) is 1.92. The van der Waals surface area contributed by atoms with E-state index in [1.807, 2.05) is 19.9 Å². The topological polar surface area (TPSA) is 20.2 Å². The van der Waals surface area contributed by atoms with E-state index in [1.54, 1.807) is 12.1 Å². The molecule has 0 radical (unpaired) electrons. The second-order valence-electron chi connectivity index (χ2n) is 3.52. The first-order chi connectivity index (χ1) is 6.06. The molecule has 1 atom stereocenters. The van der Waals surface area contributed by atoms with Gasteiger partial charge in [-0.3, -0.25) is 0 Å². The summed E-state index contributed by atoms with van der Waals surface area (Å²) < 4.78 is 0. The highest BCUT2D eigenvalue weighted by molar-refractivity contribution is 5.43. The molecule has 1 nitrogen and oxygen atoms in total. The van der Waals surface area contributed by atoms with Crippen LogP contribution in [0.3, 0.4) is 0 Å². The van der Waals surface area contributed by atoms with E-state index in [2.05, 4.69) is 13.5 Å². The van der Waals surface area contributed by atoms with Crippen LogP contribution >= 0.6 is 0 Å². The number of phenols is 1. The fourth-order valence-electron chi connectivity index (χ4n) is 1.79. The van der Waals surface area contributed by atoms with Crippen molar-refractivity contribution in [3.63, 3.8) is 0 Å². The molecule has 0 aromatic heterocycles. The third kappa shape index (κ3) is 1.92. The maximum Gasteiger partial charge on any atom is 0.116 e. The lowest BCUT2D eigenvalue weighted by atomic mass is 9.92. The number of allylic oxidation sites excluding steroid dienone is 1. The Morgan fingerprint density at radius 2 is 1.77 bits per heavy atom. The van der Waals surface area contributed by atoms with Gasteiger partial charge in [-0.2, -0.15) is 0 Å². The number of rotatable bonds is 2. The summed E-state index contributed by atoms with van der Waals surface area (Å²) in [7, 11) is 0. The van der Waals surface area contributed by atoms with E-state index in [0.29, 0.717) is 11.7 Å². The highest BCUT2D eigenvalue weighted by Crippen LogP contribution is 2.27. The van der Waals surface area contributed by atoms with E-state index in [1.165, 1.54) is 5.56 Å². The van der Waals surface area contributed by atoms with Crippen LogP contribution < -0.4 is 0 Å². The summed E-state index contributed by atoms with van der Waals surface area (Å²) in [4.78, 5) is 0. The van der Waals surface area contributed by atoms with Gasteiger partial charge in [-0.1, -0.05) is 13.0 Å². The van der Waals surface area contributed by atoms with Crippen molar-refractivity contribution in [1.29, 1.82) is 0 Å². The molecule has 0 amide bonds. The molecular weight excluding hydrogens is 160 g/mol. The normalized spacial score (nSPS) is 12.5. The van der Waals surface area contributed by atoms with Crippen LogP contribution in [0.2, 0.25) is 0 Å². The average Bonchev–Trinajstić information content (AvgIpc) is 2.02. The van der Waals surface area contributed by atoms with E-state index >= 15 is 0 Å². The van der Waals surface area contributed by atoms with Crippen molar-refractivity contribution in [2.45, 2.75) is 26.7 Å². The quantitative estimate of drug-likeness (QED) is 0.685. The van der Waals surface area contributed by atoms with Crippen LogP contribution in [-0.4, -0.2) is 5.11 Å². The van der Waals surface area contributed by atoms with Gasteiger partial charge in [0.05, 0.1) is 0 Å². The van der Waals surface area contributed by atoms with Crippen molar-refractivity contribution < 1.29 is 5.11 Å². The molecule has 1 aromatic rings. The monoisotopic (exact) mass is 176 g/mol. The Bertz CT molecular complexity index is 303. The minimum absolute atomic E-state index is 0.343. The highest BCUT2D eigenvalue weighted by atomic mass is 16.3. The van der Waals surface area contributed by atoms with E-state index < -0.39 is 0 Å². The van der Waals surface area contributed by atoms with Crippen LogP contribution in [0, 0.1) is 13.8 Å². The minimum Gasteiger partial charge on any atom is -0.508 e. The molecule has 1 aromatic carbocycles. The fourth-order valence-corrected chi connectivity index (χ4v) is 1.79. The predicted octanol–water partition coefficient (Wildman–Crippen LogP) is 3.30. The lowest BCUT2D eigenvalue weighted by Gasteiger charge is -2.14. The lowest BCUT2D eigenvalue weighted by molar-refractivity contribution is 0.474. The predicted molar refractivity (Wildman–Crippen MR) is 56.2 cm³/mol. The Hall–Kier alpha value is -1.24. The molecule has 1 unspecified atom stereocenters. The van der Waals surface area contributed by atoms with Gasteiger partial charge in [0, 0.05) is 0 Å². The van der Waals surface area contributed by atoms with Crippen LogP contribution in [0.15, 0.2) is 24.8 Å². The summed E-state index contributed by atoms with van der Waals surface area (Å²) in [6, 6.07) is 3.59. The zero-order chi connectivity index (χ0) is 10.0. The third-order valence-corrected chi connectivity index (χ3v) is 2.39. The second-order valence-corrected chi connectivity index (χ2v) is 3.52.